The van der Waals surface area contributed by atoms with Crippen molar-refractivity contribution in [2.75, 3.05) is 54.4 Å². The Bertz CT molecular complexity index is 238. The summed E-state index contributed by atoms with van der Waals surface area (Å²) < 4.78 is 34.1. The zero-order chi connectivity index (χ0) is 15.9. The summed E-state index contributed by atoms with van der Waals surface area (Å²) in [4.78, 5) is 2.95. The van der Waals surface area contributed by atoms with Gasteiger partial charge in [0, 0.05) is 23.2 Å². The molecule has 9 heteroatoms. The standard InChI is InChI=1S/2C5H14N2.H2O4S/c2*1-7(2)5-3-4-6;1-5(2,3)4/h2*3-6H2,1-2H3;(H2,1,2,3,4). The monoisotopic (exact) mass is 302 g/mol. The normalized spacial score (nSPS) is 10.6. The second-order valence-corrected chi connectivity index (χ2v) is 5.42. The van der Waals surface area contributed by atoms with Gasteiger partial charge in [-0.05, 0) is 13.1 Å². The molecule has 0 aromatic carbocycles. The van der Waals surface area contributed by atoms with Crippen molar-refractivity contribution in [1.82, 2.24) is 0 Å². The molecule has 0 aliphatic heterocycles. The SMILES string of the molecule is C[NH+](C)CCCN.C[NH+](C)CCCN.O=S(=O)([O-])[O-]. The first kappa shape index (κ1) is 23.8. The third kappa shape index (κ3) is 73.5. The lowest BCUT2D eigenvalue weighted by atomic mass is 10.4. The Morgan fingerprint density at radius 3 is 1.11 bits per heavy atom. The highest BCUT2D eigenvalue weighted by Crippen LogP contribution is 1.59. The lowest BCUT2D eigenvalue weighted by Crippen LogP contribution is -3.05. The van der Waals surface area contributed by atoms with Crippen LogP contribution < -0.4 is 21.3 Å². The highest BCUT2D eigenvalue weighted by atomic mass is 32.3. The third-order valence-corrected chi connectivity index (χ3v) is 1.76. The average molecular weight is 302 g/mol. The Balaban J connectivity index is -0.000000206. The van der Waals surface area contributed by atoms with E-state index >= 15 is 0 Å². The van der Waals surface area contributed by atoms with Crippen LogP contribution in [0.5, 0.6) is 0 Å². The minimum Gasteiger partial charge on any atom is -0.759 e. The van der Waals surface area contributed by atoms with E-state index in [2.05, 4.69) is 28.2 Å². The quantitative estimate of drug-likeness (QED) is 0.288. The Morgan fingerprint density at radius 1 is 0.842 bits per heavy atom. The molecule has 0 aliphatic carbocycles. The van der Waals surface area contributed by atoms with Crippen molar-refractivity contribution in [3.8, 4) is 0 Å². The summed E-state index contributed by atoms with van der Waals surface area (Å²) in [6.07, 6.45) is 2.28. The van der Waals surface area contributed by atoms with Crippen LogP contribution in [0.1, 0.15) is 12.8 Å². The summed E-state index contributed by atoms with van der Waals surface area (Å²) in [5.41, 5.74) is 10.5. The van der Waals surface area contributed by atoms with Crippen LogP contribution in [0.25, 0.3) is 0 Å². The second kappa shape index (κ2) is 15.8. The van der Waals surface area contributed by atoms with Crippen molar-refractivity contribution in [2.24, 2.45) is 11.5 Å². The smallest absolute Gasteiger partial charge is 0.0779 e. The average Bonchev–Trinajstić information content (AvgIpc) is 2.22. The van der Waals surface area contributed by atoms with Gasteiger partial charge < -0.3 is 30.4 Å². The molecule has 8 nitrogen and oxygen atoms in total. The summed E-state index contributed by atoms with van der Waals surface area (Å²) in [7, 11) is 3.37. The van der Waals surface area contributed by atoms with E-state index in [1.54, 1.807) is 0 Å². The number of rotatable bonds is 6. The topological polar surface area (TPSA) is 141 Å². The molecule has 0 aromatic heterocycles. The highest BCUT2D eigenvalue weighted by molar-refractivity contribution is 7.79. The molecule has 6 N–H and O–H groups in total. The fraction of sp³-hybridized carbons (Fsp3) is 1.00. The van der Waals surface area contributed by atoms with Crippen molar-refractivity contribution in [2.45, 2.75) is 12.8 Å². The molecule has 120 valence electrons. The largest absolute Gasteiger partial charge is 0.759 e. The van der Waals surface area contributed by atoms with Crippen molar-refractivity contribution in [3.05, 3.63) is 0 Å². The minimum absolute atomic E-state index is 0.825. The Kier molecular flexibility index (Phi) is 19.7. The van der Waals surface area contributed by atoms with Gasteiger partial charge in [-0.25, -0.2) is 0 Å². The molecule has 0 saturated heterocycles. The van der Waals surface area contributed by atoms with Crippen LogP contribution in [0.2, 0.25) is 0 Å². The van der Waals surface area contributed by atoms with Gasteiger partial charge in [0.15, 0.2) is 0 Å². The number of hydrogen-bond donors (Lipinski definition) is 4. The molecule has 0 amide bonds. The molecule has 0 radical (unpaired) electrons. The van der Waals surface area contributed by atoms with E-state index in [1.165, 1.54) is 22.9 Å². The molecule has 0 aliphatic rings. The van der Waals surface area contributed by atoms with E-state index < -0.39 is 10.4 Å². The summed E-state index contributed by atoms with van der Waals surface area (Å²) in [6, 6.07) is 0. The lowest BCUT2D eigenvalue weighted by molar-refractivity contribution is -0.858. The third-order valence-electron chi connectivity index (χ3n) is 1.76. The van der Waals surface area contributed by atoms with Gasteiger partial charge in [0.25, 0.3) is 0 Å². The van der Waals surface area contributed by atoms with Crippen molar-refractivity contribution >= 4 is 10.4 Å². The van der Waals surface area contributed by atoms with Crippen LogP contribution in [-0.4, -0.2) is 71.9 Å². The van der Waals surface area contributed by atoms with Gasteiger partial charge in [-0.3, -0.25) is 8.42 Å². The van der Waals surface area contributed by atoms with Crippen LogP contribution in [0, 0.1) is 0 Å². The van der Waals surface area contributed by atoms with E-state index in [4.69, 9.17) is 29.0 Å². The predicted molar refractivity (Wildman–Crippen MR) is 73.2 cm³/mol. The van der Waals surface area contributed by atoms with Crippen LogP contribution >= 0.6 is 0 Å². The molecule has 0 heterocycles. The van der Waals surface area contributed by atoms with E-state index in [1.807, 2.05) is 0 Å². The van der Waals surface area contributed by atoms with Gasteiger partial charge in [0.1, 0.15) is 0 Å². The van der Waals surface area contributed by atoms with Gasteiger partial charge >= 0.3 is 0 Å². The molecule has 0 rings (SSSR count). The number of hydrogen-bond acceptors (Lipinski definition) is 6. The van der Waals surface area contributed by atoms with Crippen LogP contribution in [0.3, 0.4) is 0 Å². The van der Waals surface area contributed by atoms with Crippen molar-refractivity contribution in [1.29, 1.82) is 0 Å². The van der Waals surface area contributed by atoms with Gasteiger partial charge in [-0.1, -0.05) is 0 Å². The summed E-state index contributed by atoms with van der Waals surface area (Å²) in [6.45, 7) is 4.03. The van der Waals surface area contributed by atoms with Crippen molar-refractivity contribution < 1.29 is 27.3 Å². The molecule has 0 unspecified atom stereocenters. The van der Waals surface area contributed by atoms with E-state index in [9.17, 15) is 0 Å². The maximum absolute atomic E-state index is 8.52. The van der Waals surface area contributed by atoms with Crippen LogP contribution in [0.4, 0.5) is 0 Å². The van der Waals surface area contributed by atoms with Crippen molar-refractivity contribution in [3.63, 3.8) is 0 Å². The molecular weight excluding hydrogens is 272 g/mol. The predicted octanol–water partition coefficient (Wildman–Crippen LogP) is -4.38. The summed E-state index contributed by atoms with van der Waals surface area (Å²) >= 11 is 0. The van der Waals surface area contributed by atoms with Crippen LogP contribution in [-0.2, 0) is 10.4 Å². The fourth-order valence-electron chi connectivity index (χ4n) is 0.911. The molecule has 0 atom stereocenters. The molecule has 0 saturated carbocycles. The van der Waals surface area contributed by atoms with E-state index in [0.717, 1.165) is 25.9 Å². The maximum Gasteiger partial charge on any atom is 0.0779 e. The van der Waals surface area contributed by atoms with E-state index in [-0.39, 0.29) is 0 Å². The maximum atomic E-state index is 8.52. The Labute approximate surface area is 117 Å². The summed E-state index contributed by atoms with van der Waals surface area (Å²) in [5.74, 6) is 0. The first-order chi connectivity index (χ1) is 8.54. The van der Waals surface area contributed by atoms with Gasteiger partial charge in [0.2, 0.25) is 0 Å². The van der Waals surface area contributed by atoms with Crippen LogP contribution in [0.15, 0.2) is 0 Å². The molecule has 0 aromatic rings. The van der Waals surface area contributed by atoms with Gasteiger partial charge in [-0.2, -0.15) is 0 Å². The highest BCUT2D eigenvalue weighted by Gasteiger charge is 1.87. The Morgan fingerprint density at radius 2 is 1.05 bits per heavy atom. The molecule has 0 spiro atoms. The Hall–Kier alpha value is -0.290. The molecule has 19 heavy (non-hydrogen) atoms. The van der Waals surface area contributed by atoms with Gasteiger partial charge in [-0.15, -0.1) is 0 Å². The lowest BCUT2D eigenvalue weighted by Gasteiger charge is -2.06. The molecule has 0 fully saturated rings. The number of nitrogens with one attached hydrogen (secondary N) is 2. The fourth-order valence-corrected chi connectivity index (χ4v) is 0.911. The number of quaternary nitrogens is 2. The number of nitrogens with two attached hydrogens (primary N) is 2. The zero-order valence-electron chi connectivity index (χ0n) is 12.4. The second-order valence-electron chi connectivity index (χ2n) is 4.61. The minimum atomic E-state index is -5.17. The zero-order valence-corrected chi connectivity index (χ0v) is 13.3. The molecule has 0 bridgehead atoms. The first-order valence-electron chi connectivity index (χ1n) is 6.19. The molecular formula is C10H30N4O4S. The van der Waals surface area contributed by atoms with Gasteiger partial charge in [0.05, 0.1) is 41.3 Å². The van der Waals surface area contributed by atoms with E-state index in [0.29, 0.717) is 0 Å². The summed E-state index contributed by atoms with van der Waals surface area (Å²) in [5, 5.41) is 0. The first-order valence-corrected chi connectivity index (χ1v) is 7.52.